The lowest BCUT2D eigenvalue weighted by molar-refractivity contribution is -0.384. The molecule has 1 aliphatic rings. The minimum Gasteiger partial charge on any atom is -0.285 e. The van der Waals surface area contributed by atoms with Gasteiger partial charge in [-0.05, 0) is 17.5 Å². The standard InChI is InChI=1S/C20H18N4O3S/c1-2-11-23-19(25)18(13-16-9-6-10-17(12-16)24(26)27)28-20(23)22-21-14-15-7-4-3-5-8-15/h2-10,12,14,18H,1,11,13H2/b21-14-,22-20-/t18-/m0/s1. The smallest absolute Gasteiger partial charge is 0.269 e. The Labute approximate surface area is 166 Å². The van der Waals surface area contributed by atoms with Crippen molar-refractivity contribution in [3.63, 3.8) is 0 Å². The van der Waals surface area contributed by atoms with Gasteiger partial charge in [-0.3, -0.25) is 19.8 Å². The minimum absolute atomic E-state index is 0.0113. The number of amides is 1. The molecule has 2 aromatic carbocycles. The van der Waals surface area contributed by atoms with E-state index in [2.05, 4.69) is 16.8 Å². The van der Waals surface area contributed by atoms with E-state index >= 15 is 0 Å². The van der Waals surface area contributed by atoms with Crippen LogP contribution in [0.3, 0.4) is 0 Å². The molecule has 0 aliphatic carbocycles. The Morgan fingerprint density at radius 2 is 2.00 bits per heavy atom. The number of nitro benzene ring substituents is 1. The van der Waals surface area contributed by atoms with E-state index in [1.807, 2.05) is 30.3 Å². The number of hydrogen-bond donors (Lipinski definition) is 0. The van der Waals surface area contributed by atoms with E-state index < -0.39 is 10.2 Å². The molecule has 1 heterocycles. The molecule has 142 valence electrons. The first-order chi connectivity index (χ1) is 13.6. The molecule has 0 spiro atoms. The van der Waals surface area contributed by atoms with E-state index in [9.17, 15) is 14.9 Å². The molecule has 3 rings (SSSR count). The fourth-order valence-electron chi connectivity index (χ4n) is 2.71. The van der Waals surface area contributed by atoms with Crippen molar-refractivity contribution >= 4 is 34.7 Å². The van der Waals surface area contributed by atoms with Crippen LogP contribution in [0, 0.1) is 10.1 Å². The third-order valence-electron chi connectivity index (χ3n) is 4.02. The number of rotatable bonds is 7. The maximum absolute atomic E-state index is 12.8. The van der Waals surface area contributed by atoms with Crippen LogP contribution in [-0.4, -0.2) is 38.9 Å². The largest absolute Gasteiger partial charge is 0.285 e. The van der Waals surface area contributed by atoms with Crippen LogP contribution in [0.1, 0.15) is 11.1 Å². The van der Waals surface area contributed by atoms with Gasteiger partial charge in [-0.25, -0.2) is 0 Å². The van der Waals surface area contributed by atoms with Crippen LogP contribution in [-0.2, 0) is 11.2 Å². The van der Waals surface area contributed by atoms with Crippen LogP contribution in [0.4, 0.5) is 5.69 Å². The Morgan fingerprint density at radius 3 is 2.71 bits per heavy atom. The number of hydrogen-bond acceptors (Lipinski definition) is 6. The summed E-state index contributed by atoms with van der Waals surface area (Å²) < 4.78 is 0. The predicted octanol–water partition coefficient (Wildman–Crippen LogP) is 3.66. The van der Waals surface area contributed by atoms with Gasteiger partial charge in [-0.2, -0.15) is 5.10 Å². The second kappa shape index (κ2) is 9.09. The molecule has 8 heteroatoms. The summed E-state index contributed by atoms with van der Waals surface area (Å²) in [5.74, 6) is -0.106. The summed E-state index contributed by atoms with van der Waals surface area (Å²) in [7, 11) is 0. The Morgan fingerprint density at radius 1 is 1.21 bits per heavy atom. The third kappa shape index (κ3) is 4.72. The van der Waals surface area contributed by atoms with Crippen molar-refractivity contribution in [1.82, 2.24) is 4.90 Å². The number of carbonyl (C=O) groups is 1. The normalized spacial score (nSPS) is 18.1. The van der Waals surface area contributed by atoms with Gasteiger partial charge in [0.1, 0.15) is 0 Å². The molecule has 1 fully saturated rings. The molecule has 0 unspecified atom stereocenters. The molecule has 2 aromatic rings. The summed E-state index contributed by atoms with van der Waals surface area (Å²) >= 11 is 1.31. The van der Waals surface area contributed by atoms with E-state index in [1.54, 1.807) is 24.4 Å². The number of nitro groups is 1. The maximum atomic E-state index is 12.8. The van der Waals surface area contributed by atoms with Crippen LogP contribution in [0.5, 0.6) is 0 Å². The van der Waals surface area contributed by atoms with Crippen LogP contribution in [0.2, 0.25) is 0 Å². The second-order valence-corrected chi connectivity index (χ2v) is 7.18. The van der Waals surface area contributed by atoms with Gasteiger partial charge in [0.05, 0.1) is 16.4 Å². The van der Waals surface area contributed by atoms with E-state index in [-0.39, 0.29) is 11.6 Å². The van der Waals surface area contributed by atoms with Crippen molar-refractivity contribution in [1.29, 1.82) is 0 Å². The van der Waals surface area contributed by atoms with Crippen molar-refractivity contribution < 1.29 is 9.72 Å². The highest BCUT2D eigenvalue weighted by atomic mass is 32.2. The molecule has 0 aromatic heterocycles. The van der Waals surface area contributed by atoms with Crippen molar-refractivity contribution in [2.45, 2.75) is 11.7 Å². The molecule has 1 amide bonds. The fourth-order valence-corrected chi connectivity index (χ4v) is 3.85. The van der Waals surface area contributed by atoms with E-state index in [4.69, 9.17) is 0 Å². The van der Waals surface area contributed by atoms with Crippen molar-refractivity contribution in [3.05, 3.63) is 88.5 Å². The van der Waals surface area contributed by atoms with Gasteiger partial charge in [0.25, 0.3) is 5.69 Å². The van der Waals surface area contributed by atoms with Crippen LogP contribution in [0.15, 0.2) is 77.5 Å². The van der Waals surface area contributed by atoms with Gasteiger partial charge >= 0.3 is 0 Å². The molecule has 1 saturated heterocycles. The first-order valence-corrected chi connectivity index (χ1v) is 9.45. The molecule has 28 heavy (non-hydrogen) atoms. The fraction of sp³-hybridized carbons (Fsp3) is 0.150. The van der Waals surface area contributed by atoms with Gasteiger partial charge in [0.15, 0.2) is 5.17 Å². The summed E-state index contributed by atoms with van der Waals surface area (Å²) in [4.78, 5) is 24.8. The van der Waals surface area contributed by atoms with Gasteiger partial charge in [0.2, 0.25) is 5.91 Å². The minimum atomic E-state index is -0.442. The summed E-state index contributed by atoms with van der Waals surface area (Å²) in [6, 6.07) is 15.9. The molecule has 0 saturated carbocycles. The molecular formula is C20H18N4O3S. The van der Waals surface area contributed by atoms with E-state index in [0.29, 0.717) is 18.1 Å². The number of thioether (sulfide) groups is 1. The van der Waals surface area contributed by atoms with Gasteiger partial charge < -0.3 is 0 Å². The lowest BCUT2D eigenvalue weighted by Gasteiger charge is -2.12. The van der Waals surface area contributed by atoms with Gasteiger partial charge in [0, 0.05) is 18.7 Å². The summed E-state index contributed by atoms with van der Waals surface area (Å²) in [5, 5.41) is 19.3. The van der Waals surface area contributed by atoms with Crippen molar-refractivity contribution in [2.24, 2.45) is 10.2 Å². The van der Waals surface area contributed by atoms with Gasteiger partial charge in [-0.1, -0.05) is 60.3 Å². The zero-order valence-electron chi connectivity index (χ0n) is 15.0. The molecule has 0 N–H and O–H groups in total. The zero-order chi connectivity index (χ0) is 19.9. The highest BCUT2D eigenvalue weighted by Gasteiger charge is 2.37. The lowest BCUT2D eigenvalue weighted by atomic mass is 10.1. The average molecular weight is 394 g/mol. The maximum Gasteiger partial charge on any atom is 0.269 e. The zero-order valence-corrected chi connectivity index (χ0v) is 15.8. The monoisotopic (exact) mass is 394 g/mol. The highest BCUT2D eigenvalue weighted by Crippen LogP contribution is 2.30. The van der Waals surface area contributed by atoms with Gasteiger partial charge in [-0.15, -0.1) is 11.7 Å². The van der Waals surface area contributed by atoms with Crippen LogP contribution < -0.4 is 0 Å². The first kappa shape index (κ1) is 19.5. The Bertz CT molecular complexity index is 943. The number of nitrogens with zero attached hydrogens (tertiary/aromatic N) is 4. The molecule has 0 bridgehead atoms. The number of benzene rings is 2. The topological polar surface area (TPSA) is 88.2 Å². The highest BCUT2D eigenvalue weighted by molar-refractivity contribution is 8.15. The number of non-ortho nitro benzene ring substituents is 1. The first-order valence-electron chi connectivity index (χ1n) is 8.57. The quantitative estimate of drug-likeness (QED) is 0.310. The summed E-state index contributed by atoms with van der Waals surface area (Å²) in [6.07, 6.45) is 3.63. The Hall–Kier alpha value is -3.26. The van der Waals surface area contributed by atoms with Crippen molar-refractivity contribution in [2.75, 3.05) is 6.54 Å². The SMILES string of the molecule is C=CCN1C(=O)[C@H](Cc2cccc([N+](=O)[O-])c2)S/C1=N\N=C/c1ccccc1. The third-order valence-corrected chi connectivity index (χ3v) is 5.19. The Balaban J connectivity index is 1.77. The summed E-state index contributed by atoms with van der Waals surface area (Å²) in [5.41, 5.74) is 1.65. The molecule has 0 radical (unpaired) electrons. The number of carbonyl (C=O) groups excluding carboxylic acids is 1. The molecular weight excluding hydrogens is 376 g/mol. The Kier molecular flexibility index (Phi) is 6.33. The van der Waals surface area contributed by atoms with E-state index in [0.717, 1.165) is 11.1 Å². The van der Waals surface area contributed by atoms with E-state index in [1.165, 1.54) is 28.8 Å². The second-order valence-electron chi connectivity index (χ2n) is 6.01. The molecule has 1 aliphatic heterocycles. The summed E-state index contributed by atoms with van der Waals surface area (Å²) in [6.45, 7) is 4.02. The van der Waals surface area contributed by atoms with Crippen LogP contribution in [0.25, 0.3) is 0 Å². The molecule has 1 atom stereocenters. The lowest BCUT2D eigenvalue weighted by Crippen LogP contribution is -2.32. The molecule has 7 nitrogen and oxygen atoms in total. The average Bonchev–Trinajstić information content (AvgIpc) is 2.98. The predicted molar refractivity (Wildman–Crippen MR) is 112 cm³/mol. The van der Waals surface area contributed by atoms with Crippen molar-refractivity contribution in [3.8, 4) is 0 Å². The number of amidine groups is 1. The van der Waals surface area contributed by atoms with Crippen LogP contribution >= 0.6 is 11.8 Å².